The van der Waals surface area contributed by atoms with Crippen LogP contribution in [0, 0.1) is 11.6 Å². The molecule has 0 bridgehead atoms. The number of benzene rings is 1. The molecule has 0 aliphatic heterocycles. The molecular weight excluding hydrogens is 340 g/mol. The summed E-state index contributed by atoms with van der Waals surface area (Å²) in [6, 6.07) is 10.5. The second-order valence-electron chi connectivity index (χ2n) is 4.37. The van der Waals surface area contributed by atoms with Crippen LogP contribution in [-0.2, 0) is 4.84 Å². The molecule has 0 spiro atoms. The zero-order valence-electron chi connectivity index (χ0n) is 11.5. The first-order valence-electron chi connectivity index (χ1n) is 6.48. The topological polar surface area (TPSA) is 38.7 Å². The number of carbonyl (C=O) groups excluding carboxylic acids is 1. The fourth-order valence-electron chi connectivity index (χ4n) is 1.86. The summed E-state index contributed by atoms with van der Waals surface area (Å²) in [4.78, 5) is 18.3. The van der Waals surface area contributed by atoms with Gasteiger partial charge in [-0.3, -0.25) is 0 Å². The van der Waals surface area contributed by atoms with Crippen LogP contribution >= 0.6 is 22.7 Å². The summed E-state index contributed by atoms with van der Waals surface area (Å²) in [5, 5.41) is 7.54. The van der Waals surface area contributed by atoms with E-state index < -0.39 is 23.2 Å². The standard InChI is InChI=1S/C16H9F2NO2S2/c17-10-4-1-5-11(18)14(10)16(20)21-19-15(12-6-2-8-22-12)13-7-3-9-23-13/h1-9H. The molecule has 0 atom stereocenters. The molecule has 7 heteroatoms. The number of rotatable bonds is 4. The van der Waals surface area contributed by atoms with Crippen molar-refractivity contribution in [3.63, 3.8) is 0 Å². The Labute approximate surface area is 138 Å². The van der Waals surface area contributed by atoms with Crippen LogP contribution in [-0.4, -0.2) is 11.7 Å². The molecule has 2 heterocycles. The van der Waals surface area contributed by atoms with Crippen LogP contribution < -0.4 is 0 Å². The molecule has 1 aromatic carbocycles. The van der Waals surface area contributed by atoms with Crippen molar-refractivity contribution < 1.29 is 18.4 Å². The summed E-state index contributed by atoms with van der Waals surface area (Å²) < 4.78 is 27.2. The highest BCUT2D eigenvalue weighted by atomic mass is 32.1. The summed E-state index contributed by atoms with van der Waals surface area (Å²) >= 11 is 2.84. The van der Waals surface area contributed by atoms with E-state index in [1.54, 1.807) is 0 Å². The zero-order valence-corrected chi connectivity index (χ0v) is 13.2. The predicted molar refractivity (Wildman–Crippen MR) is 86.1 cm³/mol. The van der Waals surface area contributed by atoms with Crippen LogP contribution in [0.5, 0.6) is 0 Å². The maximum atomic E-state index is 13.6. The lowest BCUT2D eigenvalue weighted by Gasteiger charge is -2.04. The average Bonchev–Trinajstić information content (AvgIpc) is 3.21. The van der Waals surface area contributed by atoms with Gasteiger partial charge in [0.15, 0.2) is 0 Å². The Hall–Kier alpha value is -2.38. The van der Waals surface area contributed by atoms with Crippen molar-refractivity contribution in [2.45, 2.75) is 0 Å². The Bertz CT molecular complexity index is 787. The smallest absolute Gasteiger partial charge is 0.312 e. The largest absolute Gasteiger partial charge is 0.371 e. The van der Waals surface area contributed by atoms with Gasteiger partial charge in [-0.1, -0.05) is 23.4 Å². The quantitative estimate of drug-likeness (QED) is 0.389. The van der Waals surface area contributed by atoms with Gasteiger partial charge in [0.25, 0.3) is 0 Å². The summed E-state index contributed by atoms with van der Waals surface area (Å²) in [5.74, 6) is -3.15. The minimum absolute atomic E-state index is 0.445. The Morgan fingerprint density at radius 1 is 0.913 bits per heavy atom. The molecule has 0 saturated carbocycles. The fourth-order valence-corrected chi connectivity index (χ4v) is 3.37. The molecule has 116 valence electrons. The molecule has 3 aromatic rings. The molecule has 2 aromatic heterocycles. The summed E-state index contributed by atoms with van der Waals surface area (Å²) in [7, 11) is 0. The molecule has 0 amide bonds. The van der Waals surface area contributed by atoms with Crippen LogP contribution in [0.25, 0.3) is 0 Å². The van der Waals surface area contributed by atoms with Gasteiger partial charge in [-0.2, -0.15) is 0 Å². The molecular formula is C16H9F2NO2S2. The number of nitrogens with zero attached hydrogens (tertiary/aromatic N) is 1. The van der Waals surface area contributed by atoms with Crippen molar-refractivity contribution in [1.82, 2.24) is 0 Å². The molecule has 0 fully saturated rings. The van der Waals surface area contributed by atoms with Crippen LogP contribution in [0.3, 0.4) is 0 Å². The number of carbonyl (C=O) groups is 1. The molecule has 23 heavy (non-hydrogen) atoms. The molecule has 0 N–H and O–H groups in total. The maximum absolute atomic E-state index is 13.6. The van der Waals surface area contributed by atoms with Crippen LogP contribution in [0.2, 0.25) is 0 Å². The van der Waals surface area contributed by atoms with E-state index in [1.807, 2.05) is 35.0 Å². The lowest BCUT2D eigenvalue weighted by Crippen LogP contribution is -2.09. The third-order valence-electron chi connectivity index (χ3n) is 2.90. The van der Waals surface area contributed by atoms with E-state index in [0.29, 0.717) is 5.71 Å². The molecule has 0 aliphatic carbocycles. The predicted octanol–water partition coefficient (Wildman–Crippen LogP) is 4.70. The highest BCUT2D eigenvalue weighted by Gasteiger charge is 2.20. The first-order chi connectivity index (χ1) is 11.2. The third kappa shape index (κ3) is 3.35. The number of oxime groups is 1. The monoisotopic (exact) mass is 349 g/mol. The van der Waals surface area contributed by atoms with E-state index in [2.05, 4.69) is 5.16 Å². The summed E-state index contributed by atoms with van der Waals surface area (Å²) in [6.45, 7) is 0. The van der Waals surface area contributed by atoms with Gasteiger partial charge in [-0.15, -0.1) is 22.7 Å². The van der Waals surface area contributed by atoms with Crippen molar-refractivity contribution >= 4 is 34.4 Å². The zero-order chi connectivity index (χ0) is 16.2. The Morgan fingerprint density at radius 2 is 1.48 bits per heavy atom. The van der Waals surface area contributed by atoms with Crippen LogP contribution in [0.15, 0.2) is 58.4 Å². The van der Waals surface area contributed by atoms with E-state index in [0.717, 1.165) is 21.9 Å². The van der Waals surface area contributed by atoms with Gasteiger partial charge in [0.1, 0.15) is 22.9 Å². The van der Waals surface area contributed by atoms with Crippen molar-refractivity contribution in [2.75, 3.05) is 0 Å². The van der Waals surface area contributed by atoms with Gasteiger partial charge in [0.2, 0.25) is 0 Å². The van der Waals surface area contributed by atoms with Gasteiger partial charge < -0.3 is 4.84 Å². The minimum Gasteiger partial charge on any atom is -0.312 e. The molecule has 0 unspecified atom stereocenters. The van der Waals surface area contributed by atoms with E-state index in [9.17, 15) is 13.6 Å². The number of hydrogen-bond donors (Lipinski definition) is 0. The number of thiophene rings is 2. The van der Waals surface area contributed by atoms with Crippen molar-refractivity contribution in [1.29, 1.82) is 0 Å². The second kappa shape index (κ2) is 6.80. The lowest BCUT2D eigenvalue weighted by atomic mass is 10.2. The fraction of sp³-hybridized carbons (Fsp3) is 0. The minimum atomic E-state index is -1.17. The highest BCUT2D eigenvalue weighted by Crippen LogP contribution is 2.21. The van der Waals surface area contributed by atoms with Crippen molar-refractivity contribution in [3.05, 3.63) is 80.2 Å². The van der Waals surface area contributed by atoms with Crippen LogP contribution in [0.1, 0.15) is 20.1 Å². The average molecular weight is 349 g/mol. The Kier molecular flexibility index (Phi) is 4.59. The van der Waals surface area contributed by atoms with Gasteiger partial charge in [-0.05, 0) is 35.0 Å². The molecule has 0 radical (unpaired) electrons. The molecule has 0 aliphatic rings. The van der Waals surface area contributed by atoms with E-state index in [1.165, 1.54) is 28.7 Å². The van der Waals surface area contributed by atoms with Gasteiger partial charge >= 0.3 is 5.97 Å². The lowest BCUT2D eigenvalue weighted by molar-refractivity contribution is 0.0506. The molecule has 0 saturated heterocycles. The highest BCUT2D eigenvalue weighted by molar-refractivity contribution is 7.15. The van der Waals surface area contributed by atoms with E-state index >= 15 is 0 Å². The van der Waals surface area contributed by atoms with Crippen molar-refractivity contribution in [3.8, 4) is 0 Å². The van der Waals surface area contributed by atoms with Crippen LogP contribution in [0.4, 0.5) is 8.78 Å². The number of halogens is 2. The summed E-state index contributed by atoms with van der Waals surface area (Å²) in [6.07, 6.45) is 0. The Morgan fingerprint density at radius 3 is 1.96 bits per heavy atom. The molecule has 3 nitrogen and oxygen atoms in total. The first kappa shape index (κ1) is 15.5. The van der Waals surface area contributed by atoms with Gasteiger partial charge in [0, 0.05) is 0 Å². The second-order valence-corrected chi connectivity index (χ2v) is 6.27. The summed E-state index contributed by atoms with van der Waals surface area (Å²) in [5.41, 5.74) is -0.312. The normalized spacial score (nSPS) is 10.3. The van der Waals surface area contributed by atoms with E-state index in [-0.39, 0.29) is 0 Å². The Balaban J connectivity index is 1.91. The van der Waals surface area contributed by atoms with Gasteiger partial charge in [-0.25, -0.2) is 13.6 Å². The van der Waals surface area contributed by atoms with E-state index in [4.69, 9.17) is 4.84 Å². The molecule has 3 rings (SSSR count). The number of hydrogen-bond acceptors (Lipinski definition) is 5. The SMILES string of the molecule is O=C(ON=C(c1cccs1)c1cccs1)c1c(F)cccc1F. The van der Waals surface area contributed by atoms with Crippen molar-refractivity contribution in [2.24, 2.45) is 5.16 Å². The van der Waals surface area contributed by atoms with Gasteiger partial charge in [0.05, 0.1) is 9.75 Å². The first-order valence-corrected chi connectivity index (χ1v) is 8.24. The third-order valence-corrected chi connectivity index (χ3v) is 4.65. The maximum Gasteiger partial charge on any atom is 0.371 e.